The number of hydrogen-bond donors (Lipinski definition) is 1. The van der Waals surface area contributed by atoms with Crippen molar-refractivity contribution in [1.82, 2.24) is 4.31 Å². The first kappa shape index (κ1) is 21.7. The molecule has 0 radical (unpaired) electrons. The van der Waals surface area contributed by atoms with Gasteiger partial charge in [-0.05, 0) is 55.2 Å². The fourth-order valence-corrected chi connectivity index (χ4v) is 5.13. The molecular formula is C20H21ClF2N2O3S. The number of nitrogens with zero attached hydrogens (tertiary/aromatic N) is 1. The molecule has 0 aliphatic carbocycles. The van der Waals surface area contributed by atoms with Crippen molar-refractivity contribution in [2.45, 2.75) is 31.1 Å². The Hall–Kier alpha value is -2.03. The quantitative estimate of drug-likeness (QED) is 0.747. The first-order valence-corrected chi connectivity index (χ1v) is 11.1. The van der Waals surface area contributed by atoms with Gasteiger partial charge in [-0.25, -0.2) is 17.2 Å². The van der Waals surface area contributed by atoms with Crippen LogP contribution in [0.15, 0.2) is 41.3 Å². The van der Waals surface area contributed by atoms with Crippen LogP contribution in [0.25, 0.3) is 0 Å². The van der Waals surface area contributed by atoms with Crippen LogP contribution in [0, 0.1) is 17.6 Å². The molecule has 2 aromatic rings. The molecule has 0 saturated carbocycles. The SMILES string of the molecule is CC1CCCCN(S(=O)(=O)c2cc(F)cc(C(=O)Nc3ccc(F)c(Cl)c3)c2)C1. The van der Waals surface area contributed by atoms with Crippen molar-refractivity contribution in [3.63, 3.8) is 0 Å². The van der Waals surface area contributed by atoms with Crippen LogP contribution in [-0.4, -0.2) is 31.7 Å². The van der Waals surface area contributed by atoms with E-state index in [9.17, 15) is 22.0 Å². The molecule has 1 aliphatic heterocycles. The fourth-order valence-electron chi connectivity index (χ4n) is 3.30. The predicted molar refractivity (Wildman–Crippen MR) is 108 cm³/mol. The first-order valence-electron chi connectivity index (χ1n) is 9.24. The van der Waals surface area contributed by atoms with Gasteiger partial charge in [-0.1, -0.05) is 24.9 Å². The lowest BCUT2D eigenvalue weighted by molar-refractivity contribution is 0.102. The fraction of sp³-hybridized carbons (Fsp3) is 0.350. The molecule has 0 bridgehead atoms. The second-order valence-corrected chi connectivity index (χ2v) is 9.57. The molecule has 1 N–H and O–H groups in total. The lowest BCUT2D eigenvalue weighted by atomic mass is 10.1. The second kappa shape index (κ2) is 8.77. The molecule has 1 saturated heterocycles. The van der Waals surface area contributed by atoms with Crippen molar-refractivity contribution in [1.29, 1.82) is 0 Å². The number of hydrogen-bond acceptors (Lipinski definition) is 3. The molecule has 1 heterocycles. The van der Waals surface area contributed by atoms with Crippen LogP contribution in [0.2, 0.25) is 5.02 Å². The molecule has 1 unspecified atom stereocenters. The molecule has 9 heteroatoms. The van der Waals surface area contributed by atoms with E-state index in [4.69, 9.17) is 11.6 Å². The van der Waals surface area contributed by atoms with Gasteiger partial charge in [0, 0.05) is 24.3 Å². The van der Waals surface area contributed by atoms with Crippen LogP contribution < -0.4 is 5.32 Å². The Morgan fingerprint density at radius 1 is 1.17 bits per heavy atom. The highest BCUT2D eigenvalue weighted by atomic mass is 35.5. The third-order valence-corrected chi connectivity index (χ3v) is 6.95. The van der Waals surface area contributed by atoms with Crippen molar-refractivity contribution in [2.24, 2.45) is 5.92 Å². The van der Waals surface area contributed by atoms with E-state index in [1.54, 1.807) is 0 Å². The first-order chi connectivity index (χ1) is 13.7. The van der Waals surface area contributed by atoms with Crippen LogP contribution in [0.1, 0.15) is 36.5 Å². The summed E-state index contributed by atoms with van der Waals surface area (Å²) in [4.78, 5) is 12.2. The van der Waals surface area contributed by atoms with Gasteiger partial charge in [0.1, 0.15) is 11.6 Å². The Morgan fingerprint density at radius 2 is 1.93 bits per heavy atom. The van der Waals surface area contributed by atoms with Crippen LogP contribution >= 0.6 is 11.6 Å². The van der Waals surface area contributed by atoms with Gasteiger partial charge in [0.15, 0.2) is 0 Å². The lowest BCUT2D eigenvalue weighted by Gasteiger charge is -2.22. The summed E-state index contributed by atoms with van der Waals surface area (Å²) < 4.78 is 54.8. The summed E-state index contributed by atoms with van der Waals surface area (Å²) in [6.45, 7) is 2.69. The summed E-state index contributed by atoms with van der Waals surface area (Å²) in [5.41, 5.74) is 0.0447. The van der Waals surface area contributed by atoms with Crippen molar-refractivity contribution in [3.05, 3.63) is 58.6 Å². The molecule has 1 fully saturated rings. The maximum Gasteiger partial charge on any atom is 0.255 e. The zero-order valence-corrected chi connectivity index (χ0v) is 17.4. The number of halogens is 3. The van der Waals surface area contributed by atoms with Crippen molar-refractivity contribution < 1.29 is 22.0 Å². The highest BCUT2D eigenvalue weighted by molar-refractivity contribution is 7.89. The largest absolute Gasteiger partial charge is 0.322 e. The van der Waals surface area contributed by atoms with E-state index >= 15 is 0 Å². The molecule has 0 spiro atoms. The molecule has 156 valence electrons. The van der Waals surface area contributed by atoms with Crippen molar-refractivity contribution in [3.8, 4) is 0 Å². The average Bonchev–Trinajstić information content (AvgIpc) is 2.89. The third kappa shape index (κ3) is 5.12. The van der Waals surface area contributed by atoms with Crippen LogP contribution in [0.5, 0.6) is 0 Å². The normalized spacial score (nSPS) is 18.3. The van der Waals surface area contributed by atoms with E-state index in [-0.39, 0.29) is 27.1 Å². The van der Waals surface area contributed by atoms with E-state index in [0.29, 0.717) is 13.1 Å². The van der Waals surface area contributed by atoms with Gasteiger partial charge >= 0.3 is 0 Å². The van der Waals surface area contributed by atoms with Gasteiger partial charge < -0.3 is 5.32 Å². The van der Waals surface area contributed by atoms with Gasteiger partial charge in [-0.3, -0.25) is 4.79 Å². The van der Waals surface area contributed by atoms with Gasteiger partial charge in [-0.15, -0.1) is 0 Å². The van der Waals surface area contributed by atoms with Gasteiger partial charge in [0.2, 0.25) is 10.0 Å². The Balaban J connectivity index is 1.88. The van der Waals surface area contributed by atoms with Crippen LogP contribution in [-0.2, 0) is 10.0 Å². The summed E-state index contributed by atoms with van der Waals surface area (Å²) in [6, 6.07) is 6.61. The summed E-state index contributed by atoms with van der Waals surface area (Å²) in [5.74, 6) is -2.01. The van der Waals surface area contributed by atoms with Crippen molar-refractivity contribution >= 4 is 33.2 Å². The highest BCUT2D eigenvalue weighted by Crippen LogP contribution is 2.25. The zero-order chi connectivity index (χ0) is 21.2. The van der Waals surface area contributed by atoms with Gasteiger partial charge in [0.25, 0.3) is 5.91 Å². The third-order valence-electron chi connectivity index (χ3n) is 4.82. The van der Waals surface area contributed by atoms with Crippen LogP contribution in [0.3, 0.4) is 0 Å². The predicted octanol–water partition coefficient (Wildman–Crippen LogP) is 4.68. The topological polar surface area (TPSA) is 66.5 Å². The summed E-state index contributed by atoms with van der Waals surface area (Å²) in [7, 11) is -3.94. The number of sulfonamides is 1. The maximum absolute atomic E-state index is 14.2. The minimum absolute atomic E-state index is 0.160. The molecule has 1 atom stereocenters. The number of carbonyl (C=O) groups excluding carboxylic acids is 1. The van der Waals surface area contributed by atoms with E-state index < -0.39 is 27.6 Å². The summed E-state index contributed by atoms with van der Waals surface area (Å²) in [5, 5.41) is 2.28. The van der Waals surface area contributed by atoms with E-state index in [1.165, 1.54) is 16.4 Å². The minimum atomic E-state index is -3.94. The number of carbonyl (C=O) groups is 1. The van der Waals surface area contributed by atoms with Gasteiger partial charge in [-0.2, -0.15) is 4.31 Å². The van der Waals surface area contributed by atoms with E-state index in [0.717, 1.165) is 43.5 Å². The Bertz CT molecular complexity index is 1030. The summed E-state index contributed by atoms with van der Waals surface area (Å²) >= 11 is 5.69. The van der Waals surface area contributed by atoms with E-state index in [1.807, 2.05) is 6.92 Å². The Morgan fingerprint density at radius 3 is 2.66 bits per heavy atom. The molecule has 3 rings (SSSR count). The minimum Gasteiger partial charge on any atom is -0.322 e. The number of benzene rings is 2. The number of nitrogens with one attached hydrogen (secondary N) is 1. The highest BCUT2D eigenvalue weighted by Gasteiger charge is 2.28. The molecule has 0 aromatic heterocycles. The van der Waals surface area contributed by atoms with Crippen LogP contribution in [0.4, 0.5) is 14.5 Å². The monoisotopic (exact) mass is 442 g/mol. The Kier molecular flexibility index (Phi) is 6.55. The van der Waals surface area contributed by atoms with E-state index in [2.05, 4.69) is 5.32 Å². The smallest absolute Gasteiger partial charge is 0.255 e. The molecular weight excluding hydrogens is 422 g/mol. The zero-order valence-electron chi connectivity index (χ0n) is 15.8. The van der Waals surface area contributed by atoms with Gasteiger partial charge in [0.05, 0.1) is 9.92 Å². The molecule has 5 nitrogen and oxygen atoms in total. The maximum atomic E-state index is 14.2. The molecule has 2 aromatic carbocycles. The molecule has 1 amide bonds. The lowest BCUT2D eigenvalue weighted by Crippen LogP contribution is -2.34. The standard InChI is InChI=1S/C20H21ClF2N2O3S/c1-13-4-2-3-7-25(12-13)29(27,28)17-9-14(8-15(22)10-17)20(26)24-16-5-6-19(23)18(21)11-16/h5-6,8-11,13H,2-4,7,12H2,1H3,(H,24,26). The number of amides is 1. The number of anilines is 1. The molecule has 29 heavy (non-hydrogen) atoms. The number of rotatable bonds is 4. The Labute approximate surface area is 173 Å². The summed E-state index contributed by atoms with van der Waals surface area (Å²) in [6.07, 6.45) is 2.60. The average molecular weight is 443 g/mol. The van der Waals surface area contributed by atoms with Crippen molar-refractivity contribution in [2.75, 3.05) is 18.4 Å². The second-order valence-electron chi connectivity index (χ2n) is 7.22. The molecule has 1 aliphatic rings.